The molecule has 4 N–H and O–H groups in total. The van der Waals surface area contributed by atoms with E-state index >= 15 is 0 Å². The Labute approximate surface area is 229 Å². The van der Waals surface area contributed by atoms with Crippen LogP contribution in [0.5, 0.6) is 0 Å². The Kier molecular flexibility index (Phi) is 7.98. The zero-order valence-electron chi connectivity index (χ0n) is 23.0. The number of hydrogen-bond donors (Lipinski definition) is 3. The summed E-state index contributed by atoms with van der Waals surface area (Å²) in [4.78, 5) is 14.0. The normalized spacial score (nSPS) is 22.4. The molecule has 3 aliphatic heterocycles. The quantitative estimate of drug-likeness (QED) is 0.360. The van der Waals surface area contributed by atoms with Crippen LogP contribution in [-0.4, -0.2) is 69.2 Å². The van der Waals surface area contributed by atoms with Crippen LogP contribution in [0.25, 0.3) is 0 Å². The van der Waals surface area contributed by atoms with Crippen LogP contribution in [0.4, 0.5) is 5.82 Å². The number of hydrazine groups is 3. The van der Waals surface area contributed by atoms with Crippen LogP contribution >= 0.6 is 0 Å². The molecule has 0 aromatic carbocycles. The van der Waals surface area contributed by atoms with E-state index in [0.29, 0.717) is 17.8 Å². The van der Waals surface area contributed by atoms with E-state index in [4.69, 9.17) is 29.1 Å². The lowest BCUT2D eigenvalue weighted by molar-refractivity contribution is 0.116. The third kappa shape index (κ3) is 6.36. The lowest BCUT2D eigenvalue weighted by Crippen LogP contribution is -2.44. The van der Waals surface area contributed by atoms with Crippen molar-refractivity contribution in [1.82, 2.24) is 35.4 Å². The van der Waals surface area contributed by atoms with Crippen molar-refractivity contribution in [2.24, 2.45) is 5.84 Å². The van der Waals surface area contributed by atoms with Gasteiger partial charge in [-0.25, -0.2) is 30.4 Å². The number of aromatic nitrogens is 3. The molecule has 0 amide bonds. The molecule has 12 heteroatoms. The minimum Gasteiger partial charge on any atom is -0.448 e. The summed E-state index contributed by atoms with van der Waals surface area (Å²) >= 11 is 0. The zero-order valence-corrected chi connectivity index (χ0v) is 23.0. The second kappa shape index (κ2) is 11.8. The minimum atomic E-state index is 0.0860. The Hall–Kier alpha value is -2.77. The number of piperidine rings is 3. The van der Waals surface area contributed by atoms with Gasteiger partial charge in [-0.3, -0.25) is 5.84 Å². The Morgan fingerprint density at radius 2 is 1.41 bits per heavy atom. The van der Waals surface area contributed by atoms with Gasteiger partial charge in [0.25, 0.3) is 0 Å². The maximum atomic E-state index is 5.89. The SMILES string of the molecule is Cc1cnc(C2CCN(Nc3coc(C4CCN(NC(C)c5coc(C6CCN(N)CC6)n5)CC4)n3)CC2)o1. The Morgan fingerprint density at radius 1 is 0.821 bits per heavy atom. The summed E-state index contributed by atoms with van der Waals surface area (Å²) in [6.45, 7) is 9.52. The molecule has 212 valence electrons. The highest BCUT2D eigenvalue weighted by Gasteiger charge is 2.28. The molecule has 1 unspecified atom stereocenters. The van der Waals surface area contributed by atoms with E-state index in [9.17, 15) is 0 Å². The summed E-state index contributed by atoms with van der Waals surface area (Å²) in [5.41, 5.74) is 7.99. The second-order valence-corrected chi connectivity index (χ2v) is 11.3. The fourth-order valence-corrected chi connectivity index (χ4v) is 5.92. The first-order valence-corrected chi connectivity index (χ1v) is 14.4. The summed E-state index contributed by atoms with van der Waals surface area (Å²) in [6, 6.07) is 0.0860. The number of aryl methyl sites for hydroxylation is 1. The molecule has 3 fully saturated rings. The van der Waals surface area contributed by atoms with Gasteiger partial charge in [-0.1, -0.05) is 0 Å². The fraction of sp³-hybridized carbons (Fsp3) is 0.667. The van der Waals surface area contributed by atoms with Crippen molar-refractivity contribution in [3.63, 3.8) is 0 Å². The molecule has 3 aromatic heterocycles. The first-order valence-electron chi connectivity index (χ1n) is 14.4. The molecule has 0 radical (unpaired) electrons. The summed E-state index contributed by atoms with van der Waals surface area (Å²) in [5, 5.41) is 6.36. The van der Waals surface area contributed by atoms with Gasteiger partial charge in [-0.15, -0.1) is 0 Å². The maximum absolute atomic E-state index is 5.89. The van der Waals surface area contributed by atoms with Crippen molar-refractivity contribution in [2.75, 3.05) is 44.7 Å². The molecule has 3 aliphatic rings. The Morgan fingerprint density at radius 3 is 2.08 bits per heavy atom. The Balaban J connectivity index is 0.937. The van der Waals surface area contributed by atoms with Crippen molar-refractivity contribution in [2.45, 2.75) is 76.2 Å². The second-order valence-electron chi connectivity index (χ2n) is 11.3. The first-order chi connectivity index (χ1) is 19.0. The standard InChI is InChI=1S/C27H41N9O3/c1-18-15-29-25(39-18)20-5-13-36(14-6-20)33-24-17-38-27(31-24)22-7-11-35(12-8-22)32-19(2)23-16-37-26(30-23)21-3-9-34(28)10-4-21/h15-17,19-22,32-33H,3-14,28H2,1-2H3. The minimum absolute atomic E-state index is 0.0860. The number of hydrogen-bond acceptors (Lipinski definition) is 12. The van der Waals surface area contributed by atoms with Gasteiger partial charge in [0, 0.05) is 57.0 Å². The number of nitrogens with one attached hydrogen (secondary N) is 2. The number of oxazole rings is 3. The van der Waals surface area contributed by atoms with Gasteiger partial charge in [0.1, 0.15) is 18.3 Å². The van der Waals surface area contributed by atoms with Crippen molar-refractivity contribution >= 4 is 5.82 Å². The predicted molar refractivity (Wildman–Crippen MR) is 144 cm³/mol. The fourth-order valence-electron chi connectivity index (χ4n) is 5.92. The lowest BCUT2D eigenvalue weighted by atomic mass is 9.97. The van der Waals surface area contributed by atoms with Crippen molar-refractivity contribution in [3.05, 3.63) is 47.8 Å². The monoisotopic (exact) mass is 539 g/mol. The largest absolute Gasteiger partial charge is 0.448 e. The van der Waals surface area contributed by atoms with E-state index in [-0.39, 0.29) is 6.04 Å². The molecular weight excluding hydrogens is 498 g/mol. The van der Waals surface area contributed by atoms with Crippen LogP contribution in [0.1, 0.15) is 98.4 Å². The van der Waals surface area contributed by atoms with E-state index in [2.05, 4.69) is 32.8 Å². The number of rotatable bonds is 8. The van der Waals surface area contributed by atoms with Gasteiger partial charge in [0.05, 0.1) is 17.9 Å². The third-order valence-electron chi connectivity index (χ3n) is 8.36. The molecular formula is C27H41N9O3. The van der Waals surface area contributed by atoms with E-state index in [1.54, 1.807) is 18.7 Å². The van der Waals surface area contributed by atoms with Crippen molar-refractivity contribution < 1.29 is 13.3 Å². The van der Waals surface area contributed by atoms with Crippen molar-refractivity contribution in [1.29, 1.82) is 0 Å². The molecule has 6 rings (SSSR count). The lowest BCUT2D eigenvalue weighted by Gasteiger charge is -2.32. The van der Waals surface area contributed by atoms with Gasteiger partial charge in [-0.2, -0.15) is 4.98 Å². The summed E-state index contributed by atoms with van der Waals surface area (Å²) in [7, 11) is 0. The highest BCUT2D eigenvalue weighted by atomic mass is 16.4. The van der Waals surface area contributed by atoms with Gasteiger partial charge in [0.15, 0.2) is 23.5 Å². The molecule has 0 saturated carbocycles. The molecule has 3 saturated heterocycles. The van der Waals surface area contributed by atoms with Gasteiger partial charge >= 0.3 is 0 Å². The molecule has 0 bridgehead atoms. The van der Waals surface area contributed by atoms with Gasteiger partial charge in [-0.05, 0) is 52.4 Å². The first kappa shape index (κ1) is 26.5. The number of anilines is 1. The molecule has 12 nitrogen and oxygen atoms in total. The van der Waals surface area contributed by atoms with E-state index in [1.807, 2.05) is 11.9 Å². The number of nitrogens with zero attached hydrogens (tertiary/aromatic N) is 6. The molecule has 6 heterocycles. The number of nitrogens with two attached hydrogens (primary N) is 1. The molecule has 1 atom stereocenters. The van der Waals surface area contributed by atoms with Crippen molar-refractivity contribution in [3.8, 4) is 0 Å². The third-order valence-corrected chi connectivity index (χ3v) is 8.36. The summed E-state index contributed by atoms with van der Waals surface area (Å²) < 4.78 is 17.5. The van der Waals surface area contributed by atoms with Crippen LogP contribution in [0.15, 0.2) is 32.0 Å². The van der Waals surface area contributed by atoms with Crippen LogP contribution in [0.3, 0.4) is 0 Å². The van der Waals surface area contributed by atoms with Gasteiger partial charge in [0.2, 0.25) is 0 Å². The topological polar surface area (TPSA) is 138 Å². The zero-order chi connectivity index (χ0) is 26.8. The van der Waals surface area contributed by atoms with Crippen LogP contribution in [-0.2, 0) is 0 Å². The highest BCUT2D eigenvalue weighted by Crippen LogP contribution is 2.31. The summed E-state index contributed by atoms with van der Waals surface area (Å²) in [6.07, 6.45) is 11.3. The van der Waals surface area contributed by atoms with E-state index in [1.165, 1.54) is 0 Å². The smallest absolute Gasteiger partial charge is 0.199 e. The van der Waals surface area contributed by atoms with E-state index in [0.717, 1.165) is 113 Å². The highest BCUT2D eigenvalue weighted by molar-refractivity contribution is 5.30. The Bertz CT molecular complexity index is 1180. The van der Waals surface area contributed by atoms with Gasteiger partial charge < -0.3 is 18.7 Å². The molecule has 3 aromatic rings. The van der Waals surface area contributed by atoms with Crippen LogP contribution in [0, 0.1) is 6.92 Å². The summed E-state index contributed by atoms with van der Waals surface area (Å²) in [5.74, 6) is 11.1. The molecule has 39 heavy (non-hydrogen) atoms. The molecule has 0 aliphatic carbocycles. The maximum Gasteiger partial charge on any atom is 0.199 e. The average Bonchev–Trinajstić information content (AvgIpc) is 3.72. The predicted octanol–water partition coefficient (Wildman–Crippen LogP) is 3.66. The van der Waals surface area contributed by atoms with E-state index < -0.39 is 0 Å². The average molecular weight is 540 g/mol. The van der Waals surface area contributed by atoms with Crippen LogP contribution in [0.2, 0.25) is 0 Å². The molecule has 0 spiro atoms. The van der Waals surface area contributed by atoms with Crippen LogP contribution < -0.4 is 16.7 Å².